The Morgan fingerprint density at radius 1 is 1.19 bits per heavy atom. The fraction of sp³-hybridized carbons (Fsp3) is 0.0625. The van der Waals surface area contributed by atoms with Crippen LogP contribution in [0.1, 0.15) is 0 Å². The second-order valence-electron chi connectivity index (χ2n) is 4.58. The molecule has 4 nitrogen and oxygen atoms in total. The number of nitrogens with zero attached hydrogens (tertiary/aromatic N) is 1. The van der Waals surface area contributed by atoms with Crippen LogP contribution in [0.25, 0.3) is 10.9 Å². The van der Waals surface area contributed by atoms with Crippen LogP contribution in [0.15, 0.2) is 53.1 Å². The third kappa shape index (κ3) is 2.64. The minimum atomic E-state index is 0.607. The van der Waals surface area contributed by atoms with Gasteiger partial charge in [0.15, 0.2) is 0 Å². The lowest BCUT2D eigenvalue weighted by Crippen LogP contribution is -1.99. The van der Waals surface area contributed by atoms with E-state index in [9.17, 15) is 0 Å². The minimum Gasteiger partial charge on any atom is -0.495 e. The fourth-order valence-corrected chi connectivity index (χ4v) is 2.59. The zero-order valence-electron chi connectivity index (χ0n) is 11.4. The highest BCUT2D eigenvalue weighted by molar-refractivity contribution is 9.10. The van der Waals surface area contributed by atoms with Crippen LogP contribution in [-0.4, -0.2) is 12.1 Å². The van der Waals surface area contributed by atoms with E-state index in [1.165, 1.54) is 0 Å². The summed E-state index contributed by atoms with van der Waals surface area (Å²) in [6, 6.07) is 13.7. The van der Waals surface area contributed by atoms with E-state index in [0.29, 0.717) is 5.69 Å². The number of nitrogen functional groups attached to an aromatic ring is 1. The topological polar surface area (TPSA) is 60.2 Å². The predicted octanol–water partition coefficient (Wildman–Crippen LogP) is 4.33. The van der Waals surface area contributed by atoms with Gasteiger partial charge in [0, 0.05) is 17.1 Å². The second kappa shape index (κ2) is 5.61. The molecule has 1 heterocycles. The van der Waals surface area contributed by atoms with Gasteiger partial charge < -0.3 is 15.8 Å². The second-order valence-corrected chi connectivity index (χ2v) is 5.43. The van der Waals surface area contributed by atoms with Gasteiger partial charge >= 0.3 is 0 Å². The van der Waals surface area contributed by atoms with Crippen LogP contribution in [0.4, 0.5) is 17.1 Å². The van der Waals surface area contributed by atoms with Crippen LogP contribution in [0.5, 0.6) is 5.75 Å². The summed E-state index contributed by atoms with van der Waals surface area (Å²) in [6.45, 7) is 0. The molecule has 3 N–H and O–H groups in total. The smallest absolute Gasteiger partial charge is 0.135 e. The Balaban J connectivity index is 2.07. The van der Waals surface area contributed by atoms with E-state index < -0.39 is 0 Å². The maximum absolute atomic E-state index is 6.07. The molecule has 0 radical (unpaired) electrons. The molecule has 0 aliphatic heterocycles. The molecule has 0 spiro atoms. The quantitative estimate of drug-likeness (QED) is 0.742. The third-order valence-corrected chi connectivity index (χ3v) is 3.88. The number of hydrogen-bond acceptors (Lipinski definition) is 4. The van der Waals surface area contributed by atoms with Crippen LogP contribution >= 0.6 is 15.9 Å². The standard InChI is InChI=1S/C16H14BrN3O/c1-21-15-8-10(6-7-12(15)17)20-16-11-4-2-3-5-14(11)19-9-13(16)18/h2-9H,18H2,1H3,(H,19,20). The first-order valence-corrected chi connectivity index (χ1v) is 7.22. The summed E-state index contributed by atoms with van der Waals surface area (Å²) in [5, 5.41) is 4.34. The summed E-state index contributed by atoms with van der Waals surface area (Å²) >= 11 is 3.44. The Kier molecular flexibility index (Phi) is 3.66. The van der Waals surface area contributed by atoms with E-state index in [0.717, 1.165) is 32.5 Å². The molecule has 0 amide bonds. The normalized spacial score (nSPS) is 10.6. The van der Waals surface area contributed by atoms with Gasteiger partial charge in [0.25, 0.3) is 0 Å². The van der Waals surface area contributed by atoms with Gasteiger partial charge in [-0.1, -0.05) is 18.2 Å². The van der Waals surface area contributed by atoms with Gasteiger partial charge in [-0.2, -0.15) is 0 Å². The number of ether oxygens (including phenoxy) is 1. The highest BCUT2D eigenvalue weighted by Crippen LogP contribution is 2.33. The van der Waals surface area contributed by atoms with Crippen molar-refractivity contribution in [2.45, 2.75) is 0 Å². The van der Waals surface area contributed by atoms with Crippen molar-refractivity contribution < 1.29 is 4.74 Å². The lowest BCUT2D eigenvalue weighted by atomic mass is 10.1. The molecule has 106 valence electrons. The van der Waals surface area contributed by atoms with Crippen LogP contribution in [0, 0.1) is 0 Å². The number of pyridine rings is 1. The van der Waals surface area contributed by atoms with E-state index in [1.54, 1.807) is 13.3 Å². The highest BCUT2D eigenvalue weighted by atomic mass is 79.9. The van der Waals surface area contributed by atoms with E-state index >= 15 is 0 Å². The molecule has 1 aromatic heterocycles. The molecule has 5 heteroatoms. The fourth-order valence-electron chi connectivity index (χ4n) is 2.18. The molecule has 3 rings (SSSR count). The number of para-hydroxylation sites is 1. The summed E-state index contributed by atoms with van der Waals surface area (Å²) in [4.78, 5) is 4.33. The first-order valence-electron chi connectivity index (χ1n) is 6.43. The molecule has 0 saturated heterocycles. The first-order chi connectivity index (χ1) is 10.2. The van der Waals surface area contributed by atoms with Crippen molar-refractivity contribution in [3.63, 3.8) is 0 Å². The van der Waals surface area contributed by atoms with Crippen LogP contribution in [0.3, 0.4) is 0 Å². The third-order valence-electron chi connectivity index (χ3n) is 3.23. The minimum absolute atomic E-state index is 0.607. The molecule has 0 bridgehead atoms. The molecule has 21 heavy (non-hydrogen) atoms. The van der Waals surface area contributed by atoms with E-state index in [-0.39, 0.29) is 0 Å². The Bertz CT molecular complexity index is 805. The number of aromatic nitrogens is 1. The molecule has 3 aromatic rings. The summed E-state index contributed by atoms with van der Waals surface area (Å²) in [6.07, 6.45) is 1.67. The van der Waals surface area contributed by atoms with Crippen molar-refractivity contribution in [2.24, 2.45) is 0 Å². The van der Waals surface area contributed by atoms with E-state index in [2.05, 4.69) is 26.2 Å². The SMILES string of the molecule is COc1cc(Nc2c(N)cnc3ccccc23)ccc1Br. The Hall–Kier alpha value is -2.27. The molecular formula is C16H14BrN3O. The van der Waals surface area contributed by atoms with Gasteiger partial charge in [0.2, 0.25) is 0 Å². The monoisotopic (exact) mass is 343 g/mol. The van der Waals surface area contributed by atoms with E-state index in [4.69, 9.17) is 10.5 Å². The molecule has 0 aliphatic rings. The van der Waals surface area contributed by atoms with E-state index in [1.807, 2.05) is 42.5 Å². The van der Waals surface area contributed by atoms with Crippen LogP contribution in [0.2, 0.25) is 0 Å². The van der Waals surface area contributed by atoms with Crippen molar-refractivity contribution in [3.8, 4) is 5.75 Å². The number of halogens is 1. The lowest BCUT2D eigenvalue weighted by molar-refractivity contribution is 0.412. The first kappa shape index (κ1) is 13.7. The average molecular weight is 344 g/mol. The molecule has 0 aliphatic carbocycles. The molecule has 0 atom stereocenters. The maximum Gasteiger partial charge on any atom is 0.135 e. The molecule has 2 aromatic carbocycles. The van der Waals surface area contributed by atoms with Crippen LogP contribution < -0.4 is 15.8 Å². The van der Waals surface area contributed by atoms with Gasteiger partial charge in [-0.3, -0.25) is 4.98 Å². The molecule has 0 saturated carbocycles. The largest absolute Gasteiger partial charge is 0.495 e. The number of nitrogens with two attached hydrogens (primary N) is 1. The van der Waals surface area contributed by atoms with Gasteiger partial charge in [-0.05, 0) is 34.1 Å². The van der Waals surface area contributed by atoms with Gasteiger partial charge in [-0.25, -0.2) is 0 Å². The zero-order chi connectivity index (χ0) is 14.8. The van der Waals surface area contributed by atoms with Gasteiger partial charge in [0.1, 0.15) is 5.75 Å². The van der Waals surface area contributed by atoms with Crippen molar-refractivity contribution >= 4 is 43.9 Å². The van der Waals surface area contributed by atoms with Crippen molar-refractivity contribution in [1.29, 1.82) is 0 Å². The Morgan fingerprint density at radius 3 is 2.81 bits per heavy atom. The number of rotatable bonds is 3. The summed E-state index contributed by atoms with van der Waals surface area (Å²) in [5.41, 5.74) is 9.33. The zero-order valence-corrected chi connectivity index (χ0v) is 13.0. The molecule has 0 unspecified atom stereocenters. The van der Waals surface area contributed by atoms with Crippen molar-refractivity contribution in [2.75, 3.05) is 18.2 Å². The summed E-state index contributed by atoms with van der Waals surface area (Å²) in [5.74, 6) is 0.761. The number of hydrogen-bond donors (Lipinski definition) is 2. The number of anilines is 3. The van der Waals surface area contributed by atoms with Crippen LogP contribution in [-0.2, 0) is 0 Å². The predicted molar refractivity (Wildman–Crippen MR) is 90.1 cm³/mol. The lowest BCUT2D eigenvalue weighted by Gasteiger charge is -2.13. The van der Waals surface area contributed by atoms with Crippen molar-refractivity contribution in [1.82, 2.24) is 4.98 Å². The Morgan fingerprint density at radius 2 is 2.00 bits per heavy atom. The number of benzene rings is 2. The van der Waals surface area contributed by atoms with Crippen molar-refractivity contribution in [3.05, 3.63) is 53.1 Å². The summed E-state index contributed by atoms with van der Waals surface area (Å²) in [7, 11) is 1.64. The number of methoxy groups -OCH3 is 1. The average Bonchev–Trinajstić information content (AvgIpc) is 2.52. The number of nitrogens with one attached hydrogen (secondary N) is 1. The number of fused-ring (bicyclic) bond motifs is 1. The highest BCUT2D eigenvalue weighted by Gasteiger charge is 2.08. The summed E-state index contributed by atoms with van der Waals surface area (Å²) < 4.78 is 6.22. The molecule has 0 fully saturated rings. The van der Waals surface area contributed by atoms with Gasteiger partial charge in [0.05, 0.1) is 34.7 Å². The van der Waals surface area contributed by atoms with Gasteiger partial charge in [-0.15, -0.1) is 0 Å². The Labute approximate surface area is 131 Å². The molecular weight excluding hydrogens is 330 g/mol. The maximum atomic E-state index is 6.07.